The molecule has 0 amide bonds. The molecule has 84 valence electrons. The second-order valence-electron chi connectivity index (χ2n) is 4.83. The molecular formula is C13H15FN2. The summed E-state index contributed by atoms with van der Waals surface area (Å²) in [6.07, 6.45) is 4.03. The van der Waals surface area contributed by atoms with Crippen molar-refractivity contribution in [2.75, 3.05) is 0 Å². The van der Waals surface area contributed by atoms with Crippen molar-refractivity contribution in [3.05, 3.63) is 42.0 Å². The highest BCUT2D eigenvalue weighted by atomic mass is 19.1. The van der Waals surface area contributed by atoms with Gasteiger partial charge in [0.25, 0.3) is 0 Å². The molecule has 0 fully saturated rings. The topological polar surface area (TPSA) is 38.9 Å². The Kier molecular flexibility index (Phi) is 2.64. The van der Waals surface area contributed by atoms with Crippen LogP contribution < -0.4 is 5.73 Å². The molecule has 0 aliphatic carbocycles. The van der Waals surface area contributed by atoms with Gasteiger partial charge in [-0.25, -0.2) is 4.39 Å². The van der Waals surface area contributed by atoms with Crippen LogP contribution in [0, 0.1) is 5.82 Å². The van der Waals surface area contributed by atoms with Crippen molar-refractivity contribution in [2.24, 2.45) is 5.73 Å². The van der Waals surface area contributed by atoms with Gasteiger partial charge in [0, 0.05) is 23.3 Å². The van der Waals surface area contributed by atoms with Crippen molar-refractivity contribution < 1.29 is 4.39 Å². The van der Waals surface area contributed by atoms with Crippen LogP contribution in [0.2, 0.25) is 0 Å². The molecule has 2 rings (SSSR count). The third kappa shape index (κ3) is 2.36. The van der Waals surface area contributed by atoms with Gasteiger partial charge in [0.2, 0.25) is 0 Å². The molecule has 1 heterocycles. The summed E-state index contributed by atoms with van der Waals surface area (Å²) in [5.41, 5.74) is 6.56. The number of aromatic nitrogens is 1. The lowest BCUT2D eigenvalue weighted by atomic mass is 9.93. The Balaban J connectivity index is 2.59. The number of benzene rings is 1. The number of nitrogens with zero attached hydrogens (tertiary/aromatic N) is 1. The number of nitrogens with two attached hydrogens (primary N) is 1. The predicted molar refractivity (Wildman–Crippen MR) is 63.7 cm³/mol. The van der Waals surface area contributed by atoms with Gasteiger partial charge in [-0.1, -0.05) is 0 Å². The fourth-order valence-corrected chi connectivity index (χ4v) is 1.89. The van der Waals surface area contributed by atoms with Crippen LogP contribution in [0.15, 0.2) is 30.6 Å². The Morgan fingerprint density at radius 1 is 1.38 bits per heavy atom. The lowest BCUT2D eigenvalue weighted by Crippen LogP contribution is -2.34. The zero-order valence-corrected chi connectivity index (χ0v) is 9.50. The molecule has 16 heavy (non-hydrogen) atoms. The minimum Gasteiger partial charge on any atom is -0.325 e. The zero-order chi connectivity index (χ0) is 11.8. The quantitative estimate of drug-likeness (QED) is 0.841. The largest absolute Gasteiger partial charge is 0.325 e. The normalized spacial score (nSPS) is 12.0. The highest BCUT2D eigenvalue weighted by Crippen LogP contribution is 2.22. The van der Waals surface area contributed by atoms with Gasteiger partial charge in [0.1, 0.15) is 5.82 Å². The summed E-state index contributed by atoms with van der Waals surface area (Å²) >= 11 is 0. The molecule has 3 heteroatoms. The van der Waals surface area contributed by atoms with Crippen molar-refractivity contribution in [1.82, 2.24) is 4.98 Å². The summed E-state index contributed by atoms with van der Waals surface area (Å²) in [6, 6.07) is 4.95. The van der Waals surface area contributed by atoms with Crippen LogP contribution >= 0.6 is 0 Å². The van der Waals surface area contributed by atoms with E-state index in [1.54, 1.807) is 18.5 Å². The molecule has 2 nitrogen and oxygen atoms in total. The maximum Gasteiger partial charge on any atom is 0.124 e. The van der Waals surface area contributed by atoms with Gasteiger partial charge < -0.3 is 5.73 Å². The summed E-state index contributed by atoms with van der Waals surface area (Å²) in [6.45, 7) is 3.87. The molecule has 0 spiro atoms. The van der Waals surface area contributed by atoms with E-state index in [1.165, 1.54) is 6.07 Å². The fraction of sp³-hybridized carbons (Fsp3) is 0.308. The summed E-state index contributed by atoms with van der Waals surface area (Å²) in [7, 11) is 0. The SMILES string of the molecule is CC(C)(N)Cc1cc(F)cc2cnccc12. The van der Waals surface area contributed by atoms with Crippen LogP contribution in [0.5, 0.6) is 0 Å². The summed E-state index contributed by atoms with van der Waals surface area (Å²) in [5, 5.41) is 1.84. The average molecular weight is 218 g/mol. The average Bonchev–Trinajstić information content (AvgIpc) is 2.14. The van der Waals surface area contributed by atoms with Crippen molar-refractivity contribution in [3.63, 3.8) is 0 Å². The predicted octanol–water partition coefficient (Wildman–Crippen LogP) is 2.65. The van der Waals surface area contributed by atoms with E-state index in [-0.39, 0.29) is 11.4 Å². The van der Waals surface area contributed by atoms with E-state index in [0.717, 1.165) is 16.3 Å². The van der Waals surface area contributed by atoms with E-state index in [9.17, 15) is 4.39 Å². The van der Waals surface area contributed by atoms with Crippen LogP contribution in [0.4, 0.5) is 4.39 Å². The highest BCUT2D eigenvalue weighted by Gasteiger charge is 2.14. The lowest BCUT2D eigenvalue weighted by Gasteiger charge is -2.19. The second kappa shape index (κ2) is 3.83. The standard InChI is InChI=1S/C13H15FN2/c1-13(2,15)7-9-5-11(14)6-10-8-16-4-3-12(9)10/h3-6,8H,7,15H2,1-2H3. The summed E-state index contributed by atoms with van der Waals surface area (Å²) < 4.78 is 13.4. The monoisotopic (exact) mass is 218 g/mol. The number of pyridine rings is 1. The Bertz CT molecular complexity index is 515. The van der Waals surface area contributed by atoms with Gasteiger partial charge >= 0.3 is 0 Å². The number of hydrogen-bond donors (Lipinski definition) is 1. The van der Waals surface area contributed by atoms with E-state index < -0.39 is 0 Å². The first-order valence-corrected chi connectivity index (χ1v) is 5.27. The molecule has 0 atom stereocenters. The van der Waals surface area contributed by atoms with Crippen LogP contribution in [-0.2, 0) is 6.42 Å². The first kappa shape index (κ1) is 11.0. The smallest absolute Gasteiger partial charge is 0.124 e. The van der Waals surface area contributed by atoms with Gasteiger partial charge in [-0.2, -0.15) is 0 Å². The van der Waals surface area contributed by atoms with Crippen molar-refractivity contribution >= 4 is 10.8 Å². The van der Waals surface area contributed by atoms with Gasteiger partial charge in [0.05, 0.1) is 0 Å². The van der Waals surface area contributed by atoms with Gasteiger partial charge in [-0.05, 0) is 49.4 Å². The van der Waals surface area contributed by atoms with E-state index in [1.807, 2.05) is 19.9 Å². The molecule has 0 unspecified atom stereocenters. The minimum absolute atomic E-state index is 0.236. The van der Waals surface area contributed by atoms with Gasteiger partial charge in [-0.3, -0.25) is 4.98 Å². The van der Waals surface area contributed by atoms with Crippen LogP contribution in [0.25, 0.3) is 10.8 Å². The molecular weight excluding hydrogens is 203 g/mol. The fourth-order valence-electron chi connectivity index (χ4n) is 1.89. The second-order valence-corrected chi connectivity index (χ2v) is 4.83. The summed E-state index contributed by atoms with van der Waals surface area (Å²) in [4.78, 5) is 3.99. The van der Waals surface area contributed by atoms with Crippen molar-refractivity contribution in [2.45, 2.75) is 25.8 Å². The zero-order valence-electron chi connectivity index (χ0n) is 9.50. The Morgan fingerprint density at radius 3 is 2.81 bits per heavy atom. The molecule has 0 saturated heterocycles. The van der Waals surface area contributed by atoms with Crippen molar-refractivity contribution in [3.8, 4) is 0 Å². The van der Waals surface area contributed by atoms with E-state index in [0.29, 0.717) is 6.42 Å². The lowest BCUT2D eigenvalue weighted by molar-refractivity contribution is 0.516. The van der Waals surface area contributed by atoms with E-state index in [4.69, 9.17) is 5.73 Å². The Labute approximate surface area is 94.3 Å². The van der Waals surface area contributed by atoms with E-state index in [2.05, 4.69) is 4.98 Å². The molecule has 2 N–H and O–H groups in total. The molecule has 0 saturated carbocycles. The van der Waals surface area contributed by atoms with Gasteiger partial charge in [-0.15, -0.1) is 0 Å². The molecule has 0 aliphatic rings. The Hall–Kier alpha value is -1.48. The van der Waals surface area contributed by atoms with E-state index >= 15 is 0 Å². The van der Waals surface area contributed by atoms with Gasteiger partial charge in [0.15, 0.2) is 0 Å². The third-order valence-corrected chi connectivity index (χ3v) is 2.45. The number of halogens is 1. The number of fused-ring (bicyclic) bond motifs is 1. The molecule has 0 aliphatic heterocycles. The van der Waals surface area contributed by atoms with Crippen molar-refractivity contribution in [1.29, 1.82) is 0 Å². The summed E-state index contributed by atoms with van der Waals surface area (Å²) in [5.74, 6) is -0.236. The maximum absolute atomic E-state index is 13.4. The Morgan fingerprint density at radius 2 is 2.12 bits per heavy atom. The number of hydrogen-bond acceptors (Lipinski definition) is 2. The van der Waals surface area contributed by atoms with Crippen LogP contribution in [-0.4, -0.2) is 10.5 Å². The third-order valence-electron chi connectivity index (χ3n) is 2.45. The molecule has 2 aromatic rings. The van der Waals surface area contributed by atoms with Crippen LogP contribution in [0.1, 0.15) is 19.4 Å². The van der Waals surface area contributed by atoms with Crippen LogP contribution in [0.3, 0.4) is 0 Å². The highest BCUT2D eigenvalue weighted by molar-refractivity contribution is 5.85. The first-order chi connectivity index (χ1) is 7.46. The molecule has 1 aromatic carbocycles. The minimum atomic E-state index is -0.343. The molecule has 0 bridgehead atoms. The molecule has 1 aromatic heterocycles. The maximum atomic E-state index is 13.4. The first-order valence-electron chi connectivity index (χ1n) is 5.27. The molecule has 0 radical (unpaired) electrons. The number of rotatable bonds is 2.